The van der Waals surface area contributed by atoms with Crippen molar-refractivity contribution >= 4 is 17.0 Å². The lowest BCUT2D eigenvalue weighted by atomic mass is 10.1. The first-order valence-electron chi connectivity index (χ1n) is 7.26. The van der Waals surface area contributed by atoms with Crippen molar-refractivity contribution in [3.8, 4) is 11.3 Å². The van der Waals surface area contributed by atoms with Crippen LogP contribution in [-0.4, -0.2) is 25.1 Å². The van der Waals surface area contributed by atoms with Crippen LogP contribution in [-0.2, 0) is 6.42 Å². The first-order chi connectivity index (χ1) is 11.3. The fraction of sp³-hybridized carbons (Fsp3) is 0.0588. The minimum atomic E-state index is 0.265. The number of fused-ring (bicyclic) bond motifs is 1. The molecule has 0 radical (unpaired) electrons. The molecule has 0 aliphatic carbocycles. The van der Waals surface area contributed by atoms with Crippen LogP contribution in [0.1, 0.15) is 11.3 Å². The second-order valence-corrected chi connectivity index (χ2v) is 5.24. The monoisotopic (exact) mass is 302 g/mol. The summed E-state index contributed by atoms with van der Waals surface area (Å²) in [4.78, 5) is 13.4. The number of aromatic amines is 1. The van der Waals surface area contributed by atoms with Crippen molar-refractivity contribution in [2.24, 2.45) is 0 Å². The number of hydrogen-bond donors (Lipinski definition) is 2. The van der Waals surface area contributed by atoms with Gasteiger partial charge < -0.3 is 5.73 Å². The van der Waals surface area contributed by atoms with Crippen molar-refractivity contribution in [2.45, 2.75) is 6.42 Å². The Balaban J connectivity index is 1.86. The Morgan fingerprint density at radius 1 is 0.957 bits per heavy atom. The summed E-state index contributed by atoms with van der Waals surface area (Å²) in [5.41, 5.74) is 11.1. The number of hydrogen-bond acceptors (Lipinski definition) is 5. The SMILES string of the molecule is Nc1nc(Cc2ccccc2)c2nc(-c3cn[nH]c3)ccc2n1. The molecule has 3 aromatic heterocycles. The summed E-state index contributed by atoms with van der Waals surface area (Å²) in [5, 5.41) is 6.77. The van der Waals surface area contributed by atoms with Gasteiger partial charge in [0, 0.05) is 18.2 Å². The second-order valence-electron chi connectivity index (χ2n) is 5.24. The molecule has 0 atom stereocenters. The van der Waals surface area contributed by atoms with Gasteiger partial charge in [-0.25, -0.2) is 15.0 Å². The van der Waals surface area contributed by atoms with Crippen LogP contribution in [0, 0.1) is 0 Å². The van der Waals surface area contributed by atoms with E-state index in [1.807, 2.05) is 36.5 Å². The number of rotatable bonds is 3. The number of nitrogens with zero attached hydrogens (tertiary/aromatic N) is 4. The lowest BCUT2D eigenvalue weighted by Crippen LogP contribution is -2.03. The maximum Gasteiger partial charge on any atom is 0.220 e. The number of nitrogens with two attached hydrogens (primary N) is 1. The molecule has 0 saturated carbocycles. The fourth-order valence-electron chi connectivity index (χ4n) is 2.56. The molecule has 0 spiro atoms. The number of aromatic nitrogens is 5. The van der Waals surface area contributed by atoms with E-state index >= 15 is 0 Å². The van der Waals surface area contributed by atoms with Crippen LogP contribution in [0.5, 0.6) is 0 Å². The number of benzene rings is 1. The molecule has 0 fully saturated rings. The number of H-pyrrole nitrogens is 1. The molecule has 4 rings (SSSR count). The summed E-state index contributed by atoms with van der Waals surface area (Å²) in [6, 6.07) is 13.9. The number of pyridine rings is 1. The summed E-state index contributed by atoms with van der Waals surface area (Å²) in [7, 11) is 0. The van der Waals surface area contributed by atoms with Crippen LogP contribution in [0.15, 0.2) is 54.9 Å². The summed E-state index contributed by atoms with van der Waals surface area (Å²) >= 11 is 0. The van der Waals surface area contributed by atoms with E-state index in [1.54, 1.807) is 6.20 Å². The molecule has 3 N–H and O–H groups in total. The molecule has 0 amide bonds. The van der Waals surface area contributed by atoms with Gasteiger partial charge in [0.05, 0.1) is 23.1 Å². The molecule has 23 heavy (non-hydrogen) atoms. The molecule has 0 saturated heterocycles. The molecular formula is C17H14N6. The average Bonchev–Trinajstić information content (AvgIpc) is 3.10. The van der Waals surface area contributed by atoms with E-state index in [-0.39, 0.29) is 5.95 Å². The minimum Gasteiger partial charge on any atom is -0.368 e. The van der Waals surface area contributed by atoms with E-state index in [4.69, 9.17) is 10.7 Å². The van der Waals surface area contributed by atoms with Gasteiger partial charge in [0.15, 0.2) is 0 Å². The predicted molar refractivity (Wildman–Crippen MR) is 88.6 cm³/mol. The van der Waals surface area contributed by atoms with Gasteiger partial charge in [-0.1, -0.05) is 30.3 Å². The van der Waals surface area contributed by atoms with E-state index in [9.17, 15) is 0 Å². The highest BCUT2D eigenvalue weighted by Crippen LogP contribution is 2.22. The van der Waals surface area contributed by atoms with Crippen molar-refractivity contribution in [3.05, 3.63) is 66.1 Å². The Bertz CT molecular complexity index is 948. The van der Waals surface area contributed by atoms with Gasteiger partial charge in [-0.2, -0.15) is 5.10 Å². The van der Waals surface area contributed by atoms with E-state index in [0.717, 1.165) is 33.5 Å². The highest BCUT2D eigenvalue weighted by atomic mass is 15.1. The first-order valence-corrected chi connectivity index (χ1v) is 7.26. The Morgan fingerprint density at radius 2 is 1.83 bits per heavy atom. The standard InChI is InChI=1S/C17H14N6/c18-17-22-14-7-6-13(12-9-19-20-10-12)21-16(14)15(23-17)8-11-4-2-1-3-5-11/h1-7,9-10H,8H2,(H,19,20)(H2,18,22,23). The predicted octanol–water partition coefficient (Wildman–Crippen LogP) is 2.59. The van der Waals surface area contributed by atoms with Crippen molar-refractivity contribution in [1.29, 1.82) is 0 Å². The Labute approximate surface area is 132 Å². The van der Waals surface area contributed by atoms with E-state index in [0.29, 0.717) is 6.42 Å². The van der Waals surface area contributed by atoms with Crippen LogP contribution in [0.2, 0.25) is 0 Å². The molecule has 0 aliphatic heterocycles. The number of nitrogen functional groups attached to an aromatic ring is 1. The smallest absolute Gasteiger partial charge is 0.220 e. The molecular weight excluding hydrogens is 288 g/mol. The lowest BCUT2D eigenvalue weighted by molar-refractivity contribution is 1.06. The van der Waals surface area contributed by atoms with E-state index in [1.165, 1.54) is 0 Å². The molecule has 0 aliphatic rings. The molecule has 6 nitrogen and oxygen atoms in total. The molecule has 6 heteroatoms. The topological polar surface area (TPSA) is 93.4 Å². The average molecular weight is 302 g/mol. The zero-order chi connectivity index (χ0) is 15.6. The summed E-state index contributed by atoms with van der Waals surface area (Å²) in [5.74, 6) is 0.265. The molecule has 112 valence electrons. The van der Waals surface area contributed by atoms with Gasteiger partial charge in [0.2, 0.25) is 5.95 Å². The van der Waals surface area contributed by atoms with E-state index < -0.39 is 0 Å². The minimum absolute atomic E-state index is 0.265. The zero-order valence-corrected chi connectivity index (χ0v) is 12.3. The maximum absolute atomic E-state index is 5.85. The maximum atomic E-state index is 5.85. The third kappa shape index (κ3) is 2.62. The Hall–Kier alpha value is -3.28. The van der Waals surface area contributed by atoms with Crippen molar-refractivity contribution in [2.75, 3.05) is 5.73 Å². The van der Waals surface area contributed by atoms with Crippen LogP contribution in [0.25, 0.3) is 22.3 Å². The normalized spacial score (nSPS) is 11.0. The van der Waals surface area contributed by atoms with Crippen LogP contribution < -0.4 is 5.73 Å². The van der Waals surface area contributed by atoms with Gasteiger partial charge in [-0.3, -0.25) is 5.10 Å². The molecule has 1 aromatic carbocycles. The highest BCUT2D eigenvalue weighted by Gasteiger charge is 2.11. The molecule has 0 unspecified atom stereocenters. The zero-order valence-electron chi connectivity index (χ0n) is 12.3. The third-order valence-electron chi connectivity index (χ3n) is 3.64. The van der Waals surface area contributed by atoms with Gasteiger partial charge in [-0.05, 0) is 17.7 Å². The molecule has 0 bridgehead atoms. The quantitative estimate of drug-likeness (QED) is 0.606. The number of nitrogens with one attached hydrogen (secondary N) is 1. The summed E-state index contributed by atoms with van der Waals surface area (Å²) < 4.78 is 0. The summed E-state index contributed by atoms with van der Waals surface area (Å²) in [6.45, 7) is 0. The van der Waals surface area contributed by atoms with Gasteiger partial charge in [-0.15, -0.1) is 0 Å². The summed E-state index contributed by atoms with van der Waals surface area (Å²) in [6.07, 6.45) is 4.21. The second kappa shape index (κ2) is 5.49. The largest absolute Gasteiger partial charge is 0.368 e. The highest BCUT2D eigenvalue weighted by molar-refractivity contribution is 5.81. The van der Waals surface area contributed by atoms with Crippen molar-refractivity contribution in [1.82, 2.24) is 25.1 Å². The Morgan fingerprint density at radius 3 is 2.61 bits per heavy atom. The van der Waals surface area contributed by atoms with Crippen LogP contribution >= 0.6 is 0 Å². The fourth-order valence-corrected chi connectivity index (χ4v) is 2.56. The number of anilines is 1. The van der Waals surface area contributed by atoms with Crippen LogP contribution in [0.3, 0.4) is 0 Å². The van der Waals surface area contributed by atoms with Crippen LogP contribution in [0.4, 0.5) is 5.95 Å². The lowest BCUT2D eigenvalue weighted by Gasteiger charge is -2.07. The van der Waals surface area contributed by atoms with E-state index in [2.05, 4.69) is 32.3 Å². The molecule has 3 heterocycles. The molecule has 4 aromatic rings. The van der Waals surface area contributed by atoms with Gasteiger partial charge in [0.1, 0.15) is 5.52 Å². The first kappa shape index (κ1) is 13.4. The van der Waals surface area contributed by atoms with Gasteiger partial charge in [0.25, 0.3) is 0 Å². The van der Waals surface area contributed by atoms with Gasteiger partial charge >= 0.3 is 0 Å². The third-order valence-corrected chi connectivity index (χ3v) is 3.64. The van der Waals surface area contributed by atoms with Crippen molar-refractivity contribution in [3.63, 3.8) is 0 Å². The Kier molecular flexibility index (Phi) is 3.20. The van der Waals surface area contributed by atoms with Crippen molar-refractivity contribution < 1.29 is 0 Å².